The van der Waals surface area contributed by atoms with Crippen LogP contribution < -0.4 is 15.0 Å². The van der Waals surface area contributed by atoms with E-state index in [-0.39, 0.29) is 28.2 Å². The van der Waals surface area contributed by atoms with Gasteiger partial charge in [0.25, 0.3) is 12.0 Å². The lowest BCUT2D eigenvalue weighted by Gasteiger charge is -2.13. The number of imidazole rings is 1. The zero-order valence-corrected chi connectivity index (χ0v) is 17.7. The van der Waals surface area contributed by atoms with E-state index in [0.29, 0.717) is 16.9 Å². The van der Waals surface area contributed by atoms with Gasteiger partial charge in [-0.2, -0.15) is 18.6 Å². The molecule has 0 fully saturated rings. The third kappa shape index (κ3) is 4.50. The number of aromatic nitrogens is 5. The first-order valence-electron chi connectivity index (χ1n) is 10.2. The van der Waals surface area contributed by atoms with E-state index in [0.717, 1.165) is 0 Å². The molecule has 0 spiro atoms. The maximum Gasteiger partial charge on any atom is 0.387 e. The Balaban J connectivity index is 1.70. The molecule has 8 nitrogen and oxygen atoms in total. The van der Waals surface area contributed by atoms with Gasteiger partial charge >= 0.3 is 6.61 Å². The van der Waals surface area contributed by atoms with Crippen molar-refractivity contribution in [3.05, 3.63) is 77.5 Å². The summed E-state index contributed by atoms with van der Waals surface area (Å²) in [6.45, 7) is -3.88. The number of ether oxygens (including phenoxy) is 2. The summed E-state index contributed by atoms with van der Waals surface area (Å²) in [5.74, 6) is -0.211. The molecule has 0 saturated heterocycles. The maximum absolute atomic E-state index is 13.6. The highest BCUT2D eigenvalue weighted by molar-refractivity contribution is 5.91. The molecule has 12 heteroatoms. The van der Waals surface area contributed by atoms with Crippen LogP contribution in [0.1, 0.15) is 0 Å². The summed E-state index contributed by atoms with van der Waals surface area (Å²) >= 11 is 0. The molecule has 5 rings (SSSR count). The minimum atomic E-state index is -3.01. The van der Waals surface area contributed by atoms with Crippen molar-refractivity contribution in [2.24, 2.45) is 0 Å². The van der Waals surface area contributed by atoms with Gasteiger partial charge in [-0.15, -0.1) is 0 Å². The Morgan fingerprint density at radius 1 is 0.971 bits per heavy atom. The van der Waals surface area contributed by atoms with E-state index < -0.39 is 25.2 Å². The van der Waals surface area contributed by atoms with Crippen LogP contribution in [0, 0.1) is 0 Å². The number of hydrogen-bond acceptors (Lipinski definition) is 6. The Labute approximate surface area is 194 Å². The predicted molar refractivity (Wildman–Crippen MR) is 117 cm³/mol. The molecular formula is C23H15F4N5O3. The standard InChI is InChI=1S/C23H15F4N5O3/c24-17(25)12-34-19-8-6-16-21(29-19)20(13-1-4-15(5-2-13)35-23(26)27)22(33)32(30-16)14-3-7-18-28-9-10-31(18)11-14/h1-11,17,23H,12H2. The summed E-state index contributed by atoms with van der Waals surface area (Å²) in [6.07, 6.45) is 2.27. The van der Waals surface area contributed by atoms with Crippen LogP contribution in [-0.4, -0.2) is 43.8 Å². The van der Waals surface area contributed by atoms with Crippen LogP contribution in [0.3, 0.4) is 0 Å². The zero-order chi connectivity index (χ0) is 24.5. The van der Waals surface area contributed by atoms with Gasteiger partial charge in [0.05, 0.1) is 11.3 Å². The van der Waals surface area contributed by atoms with Crippen molar-refractivity contribution in [3.8, 4) is 28.4 Å². The summed E-state index contributed by atoms with van der Waals surface area (Å²) in [5, 5.41) is 4.40. The maximum atomic E-state index is 13.6. The molecule has 4 aromatic heterocycles. The van der Waals surface area contributed by atoms with Gasteiger partial charge in [-0.25, -0.2) is 18.7 Å². The van der Waals surface area contributed by atoms with Crippen LogP contribution in [0.4, 0.5) is 17.6 Å². The van der Waals surface area contributed by atoms with Crippen LogP contribution in [0.25, 0.3) is 33.5 Å². The normalized spacial score (nSPS) is 11.6. The van der Waals surface area contributed by atoms with Crippen LogP contribution in [-0.2, 0) is 0 Å². The third-order valence-corrected chi connectivity index (χ3v) is 5.04. The first-order chi connectivity index (χ1) is 16.9. The Bertz CT molecular complexity index is 1570. The second kappa shape index (κ2) is 9.05. The smallest absolute Gasteiger partial charge is 0.387 e. The fraction of sp³-hybridized carbons (Fsp3) is 0.130. The minimum absolute atomic E-state index is 0.0758. The predicted octanol–water partition coefficient (Wildman–Crippen LogP) is 4.34. The van der Waals surface area contributed by atoms with E-state index in [1.807, 2.05) is 0 Å². The van der Waals surface area contributed by atoms with E-state index in [9.17, 15) is 22.4 Å². The van der Waals surface area contributed by atoms with Gasteiger partial charge in [-0.3, -0.25) is 4.79 Å². The molecule has 178 valence electrons. The second-order valence-electron chi connectivity index (χ2n) is 7.29. The Morgan fingerprint density at radius 2 is 1.77 bits per heavy atom. The van der Waals surface area contributed by atoms with E-state index in [4.69, 9.17) is 4.74 Å². The van der Waals surface area contributed by atoms with Crippen molar-refractivity contribution < 1.29 is 27.0 Å². The van der Waals surface area contributed by atoms with E-state index >= 15 is 0 Å². The first kappa shape index (κ1) is 22.3. The fourth-order valence-electron chi connectivity index (χ4n) is 3.56. The van der Waals surface area contributed by atoms with Crippen molar-refractivity contribution in [2.45, 2.75) is 13.0 Å². The first-order valence-corrected chi connectivity index (χ1v) is 10.2. The highest BCUT2D eigenvalue weighted by Crippen LogP contribution is 2.28. The van der Waals surface area contributed by atoms with Gasteiger partial charge < -0.3 is 13.9 Å². The number of fused-ring (bicyclic) bond motifs is 2. The molecule has 4 heterocycles. The molecule has 0 aliphatic heterocycles. The number of hydrogen-bond donors (Lipinski definition) is 0. The van der Waals surface area contributed by atoms with E-state index in [1.165, 1.54) is 41.1 Å². The zero-order valence-electron chi connectivity index (χ0n) is 17.7. The molecule has 0 unspecified atom stereocenters. The topological polar surface area (TPSA) is 83.5 Å². The number of nitrogens with zero attached hydrogens (tertiary/aromatic N) is 5. The largest absolute Gasteiger partial charge is 0.472 e. The Kier molecular flexibility index (Phi) is 5.77. The SMILES string of the molecule is O=c1c(-c2ccc(OC(F)F)cc2)c2nc(OCC(F)F)ccc2nn1-c1ccc2nccn2c1. The van der Waals surface area contributed by atoms with Gasteiger partial charge in [-0.05, 0) is 35.9 Å². The fourth-order valence-corrected chi connectivity index (χ4v) is 3.56. The van der Waals surface area contributed by atoms with Crippen molar-refractivity contribution in [1.29, 1.82) is 0 Å². The number of alkyl halides is 4. The summed E-state index contributed by atoms with van der Waals surface area (Å²) in [5.41, 5.74) is 1.32. The quantitative estimate of drug-likeness (QED) is 0.319. The average Bonchev–Trinajstić information content (AvgIpc) is 3.31. The molecule has 0 amide bonds. The molecule has 0 saturated carbocycles. The van der Waals surface area contributed by atoms with Gasteiger partial charge in [0.2, 0.25) is 5.88 Å². The Morgan fingerprint density at radius 3 is 2.51 bits per heavy atom. The number of benzene rings is 1. The lowest BCUT2D eigenvalue weighted by Crippen LogP contribution is -2.24. The second-order valence-corrected chi connectivity index (χ2v) is 7.29. The van der Waals surface area contributed by atoms with Crippen molar-refractivity contribution in [2.75, 3.05) is 6.61 Å². The molecule has 0 atom stereocenters. The number of rotatable bonds is 7. The number of halogens is 4. The minimum Gasteiger partial charge on any atom is -0.472 e. The monoisotopic (exact) mass is 485 g/mol. The number of pyridine rings is 2. The lowest BCUT2D eigenvalue weighted by molar-refractivity contribution is -0.0498. The molecule has 1 aromatic carbocycles. The molecular weight excluding hydrogens is 470 g/mol. The van der Waals surface area contributed by atoms with Gasteiger partial charge in [0.15, 0.2) is 6.61 Å². The van der Waals surface area contributed by atoms with Crippen molar-refractivity contribution in [3.63, 3.8) is 0 Å². The van der Waals surface area contributed by atoms with E-state index in [2.05, 4.69) is 19.8 Å². The molecule has 0 N–H and O–H groups in total. The average molecular weight is 485 g/mol. The van der Waals surface area contributed by atoms with Gasteiger partial charge in [-0.1, -0.05) is 12.1 Å². The van der Waals surface area contributed by atoms with E-state index in [1.54, 1.807) is 35.1 Å². The van der Waals surface area contributed by atoms with Crippen molar-refractivity contribution in [1.82, 2.24) is 24.1 Å². The summed E-state index contributed by atoms with van der Waals surface area (Å²) in [4.78, 5) is 22.0. The molecule has 0 aliphatic rings. The van der Waals surface area contributed by atoms with Crippen LogP contribution in [0.5, 0.6) is 11.6 Å². The lowest BCUT2D eigenvalue weighted by atomic mass is 10.1. The molecule has 0 bridgehead atoms. The summed E-state index contributed by atoms with van der Waals surface area (Å²) < 4.78 is 62.6. The van der Waals surface area contributed by atoms with Gasteiger partial charge in [0.1, 0.15) is 22.4 Å². The van der Waals surface area contributed by atoms with Crippen LogP contribution >= 0.6 is 0 Å². The van der Waals surface area contributed by atoms with Crippen LogP contribution in [0.2, 0.25) is 0 Å². The molecule has 0 radical (unpaired) electrons. The third-order valence-electron chi connectivity index (χ3n) is 5.04. The molecule has 5 aromatic rings. The Hall–Kier alpha value is -4.48. The van der Waals surface area contributed by atoms with Crippen molar-refractivity contribution >= 4 is 16.7 Å². The molecule has 0 aliphatic carbocycles. The van der Waals surface area contributed by atoms with Crippen LogP contribution in [0.15, 0.2) is 71.9 Å². The van der Waals surface area contributed by atoms with Gasteiger partial charge in [0, 0.05) is 24.7 Å². The summed E-state index contributed by atoms with van der Waals surface area (Å²) in [6, 6.07) is 11.7. The highest BCUT2D eigenvalue weighted by atomic mass is 19.3. The molecule has 35 heavy (non-hydrogen) atoms. The summed E-state index contributed by atoms with van der Waals surface area (Å²) in [7, 11) is 0. The highest BCUT2D eigenvalue weighted by Gasteiger charge is 2.18.